The summed E-state index contributed by atoms with van der Waals surface area (Å²) in [6.45, 7) is 0.483. The molecule has 0 bridgehead atoms. The van der Waals surface area contributed by atoms with Crippen LogP contribution in [-0.4, -0.2) is 31.3 Å². The quantitative estimate of drug-likeness (QED) is 0.258. The lowest BCUT2D eigenvalue weighted by molar-refractivity contribution is -0.380. The summed E-state index contributed by atoms with van der Waals surface area (Å²) in [6, 6.07) is 6.98. The second-order valence-electron chi connectivity index (χ2n) is 7.21. The van der Waals surface area contributed by atoms with Crippen LogP contribution in [0.2, 0.25) is 10.0 Å². The number of nitro groups is 1. The van der Waals surface area contributed by atoms with Crippen molar-refractivity contribution in [3.63, 3.8) is 0 Å². The highest BCUT2D eigenvalue weighted by molar-refractivity contribution is 7.21. The van der Waals surface area contributed by atoms with E-state index in [4.69, 9.17) is 43.2 Å². The number of thiophene rings is 1. The molecular formula is C20H20Cl2N4O5S. The summed E-state index contributed by atoms with van der Waals surface area (Å²) in [6.07, 6.45) is 3.87. The fourth-order valence-electron chi connectivity index (χ4n) is 3.53. The van der Waals surface area contributed by atoms with Crippen LogP contribution in [0.15, 0.2) is 24.3 Å². The van der Waals surface area contributed by atoms with Crippen molar-refractivity contribution in [2.75, 3.05) is 5.32 Å². The molecule has 32 heavy (non-hydrogen) atoms. The molecular weight excluding hydrogens is 479 g/mol. The highest BCUT2D eigenvalue weighted by Gasteiger charge is 2.23. The standard InChI is InChI=1S/C19H18Cl2N4O2S.CH2O3/c20-14-7-6-11(8-15(14)21)10-22-18-13-9-16(25(26)27)28-19(13)24-17(23-18)12-4-2-1-3-5-12;2-1(3)4/h6-9,12H,1-5,10H2,(H,22,23,24);(H2,2,3,4). The number of nitrogens with one attached hydrogen (secondary N) is 1. The van der Waals surface area contributed by atoms with E-state index in [1.54, 1.807) is 18.2 Å². The SMILES string of the molecule is O=C(O)O.O=[N+]([O-])c1cc2c(NCc3ccc(Cl)c(Cl)c3)nc(C3CCCCC3)nc2s1. The minimum absolute atomic E-state index is 0.0719. The Morgan fingerprint density at radius 3 is 2.47 bits per heavy atom. The van der Waals surface area contributed by atoms with Crippen LogP contribution in [0.5, 0.6) is 0 Å². The van der Waals surface area contributed by atoms with Crippen molar-refractivity contribution in [1.29, 1.82) is 0 Å². The number of halogens is 2. The number of nitrogens with zero attached hydrogens (tertiary/aromatic N) is 3. The third-order valence-corrected chi connectivity index (χ3v) is 6.71. The third kappa shape index (κ3) is 6.18. The summed E-state index contributed by atoms with van der Waals surface area (Å²) in [7, 11) is 0. The molecule has 9 nitrogen and oxygen atoms in total. The van der Waals surface area contributed by atoms with Gasteiger partial charge in [0.05, 0.1) is 20.4 Å². The first-order valence-corrected chi connectivity index (χ1v) is 11.4. The van der Waals surface area contributed by atoms with Crippen molar-refractivity contribution < 1.29 is 19.9 Å². The number of anilines is 1. The first kappa shape index (κ1) is 24.0. The van der Waals surface area contributed by atoms with E-state index in [0.717, 1.165) is 35.6 Å². The van der Waals surface area contributed by atoms with E-state index in [2.05, 4.69) is 10.3 Å². The van der Waals surface area contributed by atoms with Gasteiger partial charge in [0.15, 0.2) is 0 Å². The average molecular weight is 499 g/mol. The number of hydrogen-bond acceptors (Lipinski definition) is 7. The van der Waals surface area contributed by atoms with E-state index >= 15 is 0 Å². The van der Waals surface area contributed by atoms with E-state index in [1.807, 2.05) is 6.07 Å². The molecule has 0 spiro atoms. The molecule has 4 rings (SSSR count). The van der Waals surface area contributed by atoms with E-state index in [1.165, 1.54) is 19.3 Å². The van der Waals surface area contributed by atoms with Crippen molar-refractivity contribution in [2.24, 2.45) is 0 Å². The summed E-state index contributed by atoms with van der Waals surface area (Å²) in [5.74, 6) is 1.71. The van der Waals surface area contributed by atoms with E-state index in [9.17, 15) is 10.1 Å². The Bertz CT molecular complexity index is 1130. The largest absolute Gasteiger partial charge is 0.503 e. The molecule has 2 heterocycles. The lowest BCUT2D eigenvalue weighted by atomic mass is 9.89. The fourth-order valence-corrected chi connectivity index (χ4v) is 4.70. The molecule has 3 N–H and O–H groups in total. The first-order valence-electron chi connectivity index (χ1n) is 9.80. The molecule has 0 unspecified atom stereocenters. The number of benzene rings is 1. The number of carboxylic acid groups (broad SMARTS) is 2. The third-order valence-electron chi connectivity index (χ3n) is 4.99. The summed E-state index contributed by atoms with van der Waals surface area (Å²) < 4.78 is 0. The van der Waals surface area contributed by atoms with Gasteiger partial charge in [0, 0.05) is 18.5 Å². The predicted octanol–water partition coefficient (Wildman–Crippen LogP) is 6.79. The molecule has 12 heteroatoms. The maximum atomic E-state index is 11.2. The van der Waals surface area contributed by atoms with Crippen molar-refractivity contribution in [2.45, 2.75) is 44.6 Å². The molecule has 0 radical (unpaired) electrons. The van der Waals surface area contributed by atoms with Crippen LogP contribution in [0.3, 0.4) is 0 Å². The number of fused-ring (bicyclic) bond motifs is 1. The van der Waals surface area contributed by atoms with Gasteiger partial charge in [0.2, 0.25) is 0 Å². The van der Waals surface area contributed by atoms with Crippen LogP contribution < -0.4 is 5.32 Å². The molecule has 0 atom stereocenters. The van der Waals surface area contributed by atoms with Crippen molar-refractivity contribution in [1.82, 2.24) is 9.97 Å². The molecule has 1 aliphatic carbocycles. The summed E-state index contributed by atoms with van der Waals surface area (Å²) in [5, 5.41) is 30.2. The van der Waals surface area contributed by atoms with Gasteiger partial charge in [0.1, 0.15) is 16.5 Å². The van der Waals surface area contributed by atoms with Gasteiger partial charge in [-0.3, -0.25) is 10.1 Å². The Morgan fingerprint density at radius 1 is 1.16 bits per heavy atom. The Morgan fingerprint density at radius 2 is 1.84 bits per heavy atom. The minimum atomic E-state index is -1.83. The molecule has 3 aromatic rings. The minimum Gasteiger partial charge on any atom is -0.450 e. The summed E-state index contributed by atoms with van der Waals surface area (Å²) in [4.78, 5) is 29.5. The molecule has 1 aromatic carbocycles. The Balaban J connectivity index is 0.000000668. The van der Waals surface area contributed by atoms with E-state index in [0.29, 0.717) is 38.5 Å². The molecule has 1 fully saturated rings. The number of hydrogen-bond donors (Lipinski definition) is 3. The zero-order chi connectivity index (χ0) is 23.3. The van der Waals surface area contributed by atoms with Gasteiger partial charge in [0.25, 0.3) is 0 Å². The Hall–Kier alpha value is -2.69. The van der Waals surface area contributed by atoms with Crippen LogP contribution in [0, 0.1) is 10.1 Å². The van der Waals surface area contributed by atoms with Gasteiger partial charge in [-0.1, -0.05) is 48.5 Å². The summed E-state index contributed by atoms with van der Waals surface area (Å²) in [5.41, 5.74) is 0.949. The number of aromatic nitrogens is 2. The van der Waals surface area contributed by atoms with Gasteiger partial charge >= 0.3 is 11.2 Å². The van der Waals surface area contributed by atoms with Gasteiger partial charge in [-0.05, 0) is 41.9 Å². The topological polar surface area (TPSA) is 138 Å². The zero-order valence-electron chi connectivity index (χ0n) is 16.8. The second kappa shape index (κ2) is 10.8. The number of carbonyl (C=O) groups is 1. The van der Waals surface area contributed by atoms with Gasteiger partial charge in [-0.15, -0.1) is 0 Å². The zero-order valence-corrected chi connectivity index (χ0v) is 19.1. The number of rotatable bonds is 5. The average Bonchev–Trinajstić information content (AvgIpc) is 3.19. The highest BCUT2D eigenvalue weighted by atomic mass is 35.5. The monoisotopic (exact) mass is 498 g/mol. The fraction of sp³-hybridized carbons (Fsp3) is 0.350. The van der Waals surface area contributed by atoms with Crippen molar-refractivity contribution >= 4 is 61.7 Å². The van der Waals surface area contributed by atoms with Gasteiger partial charge in [-0.25, -0.2) is 14.8 Å². The first-order chi connectivity index (χ1) is 15.2. The lowest BCUT2D eigenvalue weighted by Crippen LogP contribution is -2.11. The van der Waals surface area contributed by atoms with Crippen molar-refractivity contribution in [3.8, 4) is 0 Å². The van der Waals surface area contributed by atoms with Crippen LogP contribution in [0.1, 0.15) is 49.4 Å². The molecule has 0 saturated heterocycles. The van der Waals surface area contributed by atoms with Crippen LogP contribution >= 0.6 is 34.5 Å². The van der Waals surface area contributed by atoms with Crippen LogP contribution in [0.4, 0.5) is 15.6 Å². The smallest absolute Gasteiger partial charge is 0.450 e. The maximum absolute atomic E-state index is 11.2. The van der Waals surface area contributed by atoms with E-state index < -0.39 is 6.16 Å². The Labute approximate surface area is 197 Å². The molecule has 0 aliphatic heterocycles. The predicted molar refractivity (Wildman–Crippen MR) is 124 cm³/mol. The normalized spacial score (nSPS) is 13.9. The molecule has 0 amide bonds. The highest BCUT2D eigenvalue weighted by Crippen LogP contribution is 2.37. The lowest BCUT2D eigenvalue weighted by Gasteiger charge is -2.21. The molecule has 170 valence electrons. The van der Waals surface area contributed by atoms with Crippen LogP contribution in [-0.2, 0) is 6.54 Å². The van der Waals surface area contributed by atoms with Crippen LogP contribution in [0.25, 0.3) is 10.2 Å². The second-order valence-corrected chi connectivity index (χ2v) is 9.03. The van der Waals surface area contributed by atoms with Gasteiger partial charge < -0.3 is 15.5 Å². The van der Waals surface area contributed by atoms with E-state index in [-0.39, 0.29) is 9.92 Å². The Kier molecular flexibility index (Phi) is 8.05. The van der Waals surface area contributed by atoms with Gasteiger partial charge in [-0.2, -0.15) is 0 Å². The molecule has 2 aromatic heterocycles. The maximum Gasteiger partial charge on any atom is 0.503 e. The molecule has 1 aliphatic rings. The van der Waals surface area contributed by atoms with Crippen molar-refractivity contribution in [3.05, 3.63) is 55.8 Å². The summed E-state index contributed by atoms with van der Waals surface area (Å²) >= 11 is 13.2. The molecule has 1 saturated carbocycles.